The van der Waals surface area contributed by atoms with Crippen molar-refractivity contribution < 1.29 is 22.4 Å². The maximum Gasteiger partial charge on any atom is 0.248 e. The molecule has 3 aromatic rings. The molecule has 1 aliphatic heterocycles. The molecule has 1 fully saturated rings. The van der Waals surface area contributed by atoms with Crippen molar-refractivity contribution in [2.45, 2.75) is 23.8 Å². The second kappa shape index (κ2) is 9.36. The molecule has 2 aromatic carbocycles. The molecule has 1 aliphatic rings. The van der Waals surface area contributed by atoms with Gasteiger partial charge in [0.15, 0.2) is 0 Å². The molecule has 0 N–H and O–H groups in total. The predicted octanol–water partition coefficient (Wildman–Crippen LogP) is 3.09. The molecule has 0 saturated carbocycles. The number of hydrogen-bond donors (Lipinski definition) is 0. The quantitative estimate of drug-likeness (QED) is 0.548. The van der Waals surface area contributed by atoms with Crippen LogP contribution in [0.15, 0.2) is 62.9 Å². The van der Waals surface area contributed by atoms with Gasteiger partial charge in [0.2, 0.25) is 32.5 Å². The Balaban J connectivity index is 1.74. The molecule has 0 unspecified atom stereocenters. The molecule has 0 bridgehead atoms. The molecule has 1 amide bonds. The first-order chi connectivity index (χ1) is 15.8. The number of methoxy groups -OCH3 is 1. The molecule has 9 heteroatoms. The summed E-state index contributed by atoms with van der Waals surface area (Å²) in [5.41, 5.74) is 2.63. The van der Waals surface area contributed by atoms with Crippen LogP contribution in [0.25, 0.3) is 11.5 Å². The van der Waals surface area contributed by atoms with E-state index in [0.29, 0.717) is 26.2 Å². The van der Waals surface area contributed by atoms with Gasteiger partial charge in [-0.1, -0.05) is 35.9 Å². The van der Waals surface area contributed by atoms with Gasteiger partial charge in [-0.25, -0.2) is 8.42 Å². The first-order valence-corrected chi connectivity index (χ1v) is 12.2. The topological polar surface area (TPSA) is 92.9 Å². The smallest absolute Gasteiger partial charge is 0.248 e. The van der Waals surface area contributed by atoms with Crippen molar-refractivity contribution in [3.63, 3.8) is 0 Å². The van der Waals surface area contributed by atoms with Crippen LogP contribution in [0.2, 0.25) is 0 Å². The number of hydrogen-bond acceptors (Lipinski definition) is 7. The molecule has 0 aliphatic carbocycles. The number of ether oxygens (including phenoxy) is 1. The van der Waals surface area contributed by atoms with Gasteiger partial charge in [-0.2, -0.15) is 4.98 Å². The molecule has 33 heavy (non-hydrogen) atoms. The first kappa shape index (κ1) is 23.0. The molecule has 4 rings (SSSR count). The molecule has 1 saturated heterocycles. The lowest BCUT2D eigenvalue weighted by atomic mass is 10.1. The third-order valence-electron chi connectivity index (χ3n) is 5.73. The van der Waals surface area contributed by atoms with E-state index in [2.05, 4.69) is 4.98 Å². The molecular weight excluding hydrogens is 442 g/mol. The van der Waals surface area contributed by atoms with Crippen LogP contribution >= 0.6 is 0 Å². The minimum Gasteiger partial charge on any atom is -0.419 e. The lowest BCUT2D eigenvalue weighted by molar-refractivity contribution is -0.135. The van der Waals surface area contributed by atoms with Gasteiger partial charge in [0.1, 0.15) is 6.61 Å². The van der Waals surface area contributed by atoms with E-state index in [0.717, 1.165) is 16.7 Å². The number of sulfone groups is 1. The second-order valence-electron chi connectivity index (χ2n) is 8.06. The van der Waals surface area contributed by atoms with Crippen molar-refractivity contribution in [3.8, 4) is 11.5 Å². The first-order valence-electron chi connectivity index (χ1n) is 10.7. The van der Waals surface area contributed by atoms with Crippen molar-refractivity contribution in [3.05, 3.63) is 59.7 Å². The van der Waals surface area contributed by atoms with Crippen LogP contribution in [0.5, 0.6) is 0 Å². The number of carbonyl (C=O) groups is 1. The SMILES string of the molecule is COCC(=O)N1CCN(c2oc(-c3ccccc3C)nc2S(=O)(=O)c2ccc(C)cc2)CC1. The van der Waals surface area contributed by atoms with Gasteiger partial charge in [0, 0.05) is 38.9 Å². The fourth-order valence-electron chi connectivity index (χ4n) is 3.80. The Morgan fingerprint density at radius 1 is 1.03 bits per heavy atom. The van der Waals surface area contributed by atoms with Gasteiger partial charge in [0.25, 0.3) is 0 Å². The summed E-state index contributed by atoms with van der Waals surface area (Å²) in [5.74, 6) is 0.363. The number of anilines is 1. The van der Waals surface area contributed by atoms with Crippen LogP contribution in [0.1, 0.15) is 11.1 Å². The van der Waals surface area contributed by atoms with E-state index in [4.69, 9.17) is 9.15 Å². The lowest BCUT2D eigenvalue weighted by Crippen LogP contribution is -2.49. The van der Waals surface area contributed by atoms with E-state index in [1.807, 2.05) is 43.0 Å². The average molecular weight is 470 g/mol. The number of carbonyl (C=O) groups excluding carboxylic acids is 1. The standard InChI is InChI=1S/C24H27N3O5S/c1-17-8-10-19(11-9-17)33(29,30)23-24(27-14-12-26(13-15-27)21(28)16-31-3)32-22(25-23)20-7-5-4-6-18(20)2/h4-11H,12-16H2,1-3H3. The molecule has 0 atom stereocenters. The Kier molecular flexibility index (Phi) is 6.53. The molecule has 1 aromatic heterocycles. The van der Waals surface area contributed by atoms with Crippen molar-refractivity contribution >= 4 is 21.6 Å². The lowest BCUT2D eigenvalue weighted by Gasteiger charge is -2.34. The Labute approximate surface area is 193 Å². The van der Waals surface area contributed by atoms with Crippen LogP contribution in [-0.4, -0.2) is 64.1 Å². The second-order valence-corrected chi connectivity index (χ2v) is 9.93. The van der Waals surface area contributed by atoms with Crippen LogP contribution in [-0.2, 0) is 19.4 Å². The highest BCUT2D eigenvalue weighted by molar-refractivity contribution is 7.91. The molecule has 8 nitrogen and oxygen atoms in total. The zero-order chi connectivity index (χ0) is 23.6. The van der Waals surface area contributed by atoms with E-state index in [-0.39, 0.29) is 34.2 Å². The van der Waals surface area contributed by atoms with Crippen molar-refractivity contribution in [2.75, 3.05) is 44.8 Å². The molecular formula is C24H27N3O5S. The van der Waals surface area contributed by atoms with Gasteiger partial charge in [-0.05, 0) is 37.6 Å². The summed E-state index contributed by atoms with van der Waals surface area (Å²) in [6, 6.07) is 14.2. The average Bonchev–Trinajstić information content (AvgIpc) is 3.26. The summed E-state index contributed by atoms with van der Waals surface area (Å²) in [6.07, 6.45) is 0. The fraction of sp³-hybridized carbons (Fsp3) is 0.333. The van der Waals surface area contributed by atoms with E-state index >= 15 is 0 Å². The van der Waals surface area contributed by atoms with E-state index in [1.54, 1.807) is 29.2 Å². The van der Waals surface area contributed by atoms with E-state index in [9.17, 15) is 13.2 Å². The van der Waals surface area contributed by atoms with E-state index in [1.165, 1.54) is 7.11 Å². The number of oxazole rings is 1. The monoisotopic (exact) mass is 469 g/mol. The third-order valence-corrected chi connectivity index (χ3v) is 7.40. The fourth-order valence-corrected chi connectivity index (χ4v) is 5.13. The molecule has 174 valence electrons. The number of aromatic nitrogens is 1. The van der Waals surface area contributed by atoms with Gasteiger partial charge < -0.3 is 19.0 Å². The van der Waals surface area contributed by atoms with Gasteiger partial charge in [-0.3, -0.25) is 4.79 Å². The molecule has 0 spiro atoms. The van der Waals surface area contributed by atoms with E-state index < -0.39 is 9.84 Å². The summed E-state index contributed by atoms with van der Waals surface area (Å²) in [7, 11) is -2.44. The van der Waals surface area contributed by atoms with Gasteiger partial charge in [0.05, 0.1) is 4.90 Å². The minimum atomic E-state index is -3.92. The Bertz CT molecular complexity index is 1240. The van der Waals surface area contributed by atoms with Crippen molar-refractivity contribution in [1.82, 2.24) is 9.88 Å². The number of rotatable bonds is 6. The predicted molar refractivity (Wildman–Crippen MR) is 124 cm³/mol. The number of nitrogens with zero attached hydrogens (tertiary/aromatic N) is 3. The summed E-state index contributed by atoms with van der Waals surface area (Å²) in [5, 5.41) is -0.110. The largest absolute Gasteiger partial charge is 0.419 e. The summed E-state index contributed by atoms with van der Waals surface area (Å²) in [4.78, 5) is 20.3. The maximum atomic E-state index is 13.6. The van der Waals surface area contributed by atoms with Crippen LogP contribution in [0.3, 0.4) is 0 Å². The Morgan fingerprint density at radius 3 is 2.33 bits per heavy atom. The summed E-state index contributed by atoms with van der Waals surface area (Å²) in [6.45, 7) is 5.57. The molecule has 2 heterocycles. The van der Waals surface area contributed by atoms with Crippen molar-refractivity contribution in [1.29, 1.82) is 0 Å². The number of benzene rings is 2. The maximum absolute atomic E-state index is 13.6. The number of aryl methyl sites for hydroxylation is 2. The normalized spacial score (nSPS) is 14.5. The zero-order valence-corrected chi connectivity index (χ0v) is 19.8. The highest BCUT2D eigenvalue weighted by atomic mass is 32.2. The molecule has 0 radical (unpaired) electrons. The third kappa shape index (κ3) is 4.65. The summed E-state index contributed by atoms with van der Waals surface area (Å²) < 4.78 is 38.2. The van der Waals surface area contributed by atoms with Gasteiger partial charge in [-0.15, -0.1) is 0 Å². The summed E-state index contributed by atoms with van der Waals surface area (Å²) >= 11 is 0. The van der Waals surface area contributed by atoms with Crippen LogP contribution in [0.4, 0.5) is 5.88 Å². The minimum absolute atomic E-state index is 0.0206. The van der Waals surface area contributed by atoms with Crippen molar-refractivity contribution in [2.24, 2.45) is 0 Å². The Morgan fingerprint density at radius 2 is 1.70 bits per heavy atom. The zero-order valence-electron chi connectivity index (χ0n) is 18.9. The number of piperazine rings is 1. The highest BCUT2D eigenvalue weighted by Gasteiger charge is 2.33. The van der Waals surface area contributed by atoms with Gasteiger partial charge >= 0.3 is 0 Å². The highest BCUT2D eigenvalue weighted by Crippen LogP contribution is 2.36. The Hall–Kier alpha value is -3.17. The van der Waals surface area contributed by atoms with Crippen LogP contribution < -0.4 is 4.90 Å². The van der Waals surface area contributed by atoms with Crippen LogP contribution in [0, 0.1) is 13.8 Å². The number of amides is 1.